The van der Waals surface area contributed by atoms with Gasteiger partial charge in [0.05, 0.1) is 5.56 Å². The van der Waals surface area contributed by atoms with Gasteiger partial charge in [-0.1, -0.05) is 36.4 Å². The summed E-state index contributed by atoms with van der Waals surface area (Å²) in [6.07, 6.45) is 2.43. The Kier molecular flexibility index (Phi) is 6.40. The van der Waals surface area contributed by atoms with Crippen molar-refractivity contribution in [1.29, 1.82) is 0 Å². The highest BCUT2D eigenvalue weighted by atomic mass is 16.5. The van der Waals surface area contributed by atoms with E-state index in [1.807, 2.05) is 19.1 Å². The number of hydrogen-bond acceptors (Lipinski definition) is 4. The molecule has 0 bridgehead atoms. The van der Waals surface area contributed by atoms with Crippen LogP contribution in [0.1, 0.15) is 32.6 Å². The number of rotatable bonds is 8. The van der Waals surface area contributed by atoms with Gasteiger partial charge in [0.2, 0.25) is 11.8 Å². The molecule has 28 heavy (non-hydrogen) atoms. The van der Waals surface area contributed by atoms with Crippen LogP contribution in [0.4, 0.5) is 0 Å². The van der Waals surface area contributed by atoms with Crippen LogP contribution in [0.3, 0.4) is 0 Å². The van der Waals surface area contributed by atoms with Gasteiger partial charge in [0.15, 0.2) is 0 Å². The van der Waals surface area contributed by atoms with Crippen molar-refractivity contribution in [2.75, 3.05) is 6.54 Å². The van der Waals surface area contributed by atoms with Crippen molar-refractivity contribution in [3.63, 3.8) is 0 Å². The van der Waals surface area contributed by atoms with E-state index in [9.17, 15) is 4.79 Å². The third-order valence-electron chi connectivity index (χ3n) is 4.62. The van der Waals surface area contributed by atoms with E-state index in [2.05, 4.69) is 47.6 Å². The highest BCUT2D eigenvalue weighted by Crippen LogP contribution is 2.27. The van der Waals surface area contributed by atoms with Crippen molar-refractivity contribution >= 4 is 5.91 Å². The second kappa shape index (κ2) is 9.15. The quantitative estimate of drug-likeness (QED) is 0.585. The molecule has 144 valence electrons. The average Bonchev–Trinajstić information content (AvgIpc) is 2.70. The van der Waals surface area contributed by atoms with Crippen LogP contribution in [0.5, 0.6) is 11.6 Å². The fourth-order valence-electron chi connectivity index (χ4n) is 2.95. The molecule has 0 atom stereocenters. The molecule has 3 aromatic rings. The zero-order valence-corrected chi connectivity index (χ0v) is 16.2. The minimum Gasteiger partial charge on any atom is -0.439 e. The molecule has 2 aromatic carbocycles. The molecule has 0 spiro atoms. The second-order valence-corrected chi connectivity index (χ2v) is 6.81. The van der Waals surface area contributed by atoms with Crippen molar-refractivity contribution in [3.8, 4) is 11.6 Å². The van der Waals surface area contributed by atoms with Gasteiger partial charge in [0.25, 0.3) is 0 Å². The van der Waals surface area contributed by atoms with E-state index in [-0.39, 0.29) is 0 Å². The molecule has 5 heteroatoms. The van der Waals surface area contributed by atoms with Crippen LogP contribution < -0.4 is 15.8 Å². The fourth-order valence-corrected chi connectivity index (χ4v) is 2.95. The molecule has 3 N–H and O–H groups in total. The van der Waals surface area contributed by atoms with E-state index < -0.39 is 5.91 Å². The average molecular weight is 375 g/mol. The smallest absolute Gasteiger partial charge is 0.250 e. The number of nitrogens with one attached hydrogen (secondary N) is 1. The Hall–Kier alpha value is -3.18. The summed E-state index contributed by atoms with van der Waals surface area (Å²) in [5.41, 5.74) is 10.4. The Balaban J connectivity index is 1.59. The first-order valence-corrected chi connectivity index (χ1v) is 9.31. The number of nitrogens with two attached hydrogens (primary N) is 1. The lowest BCUT2D eigenvalue weighted by Gasteiger charge is -2.13. The zero-order valence-electron chi connectivity index (χ0n) is 16.2. The number of primary amides is 1. The molecule has 5 nitrogen and oxygen atoms in total. The second-order valence-electron chi connectivity index (χ2n) is 6.81. The summed E-state index contributed by atoms with van der Waals surface area (Å²) >= 11 is 0. The number of aryl methyl sites for hydroxylation is 2. The Labute approximate surface area is 165 Å². The van der Waals surface area contributed by atoms with Crippen LogP contribution in [0.15, 0.2) is 60.8 Å². The molecule has 1 aromatic heterocycles. The van der Waals surface area contributed by atoms with Gasteiger partial charge in [-0.3, -0.25) is 4.79 Å². The van der Waals surface area contributed by atoms with Crippen molar-refractivity contribution in [2.45, 2.75) is 26.8 Å². The number of hydrogen-bond donors (Lipinski definition) is 2. The maximum atomic E-state index is 11.1. The van der Waals surface area contributed by atoms with E-state index in [0.29, 0.717) is 11.4 Å². The van der Waals surface area contributed by atoms with E-state index in [1.54, 1.807) is 12.1 Å². The number of nitrogens with zero attached hydrogens (tertiary/aromatic N) is 1. The van der Waals surface area contributed by atoms with Gasteiger partial charge >= 0.3 is 0 Å². The maximum Gasteiger partial charge on any atom is 0.250 e. The van der Waals surface area contributed by atoms with Crippen LogP contribution >= 0.6 is 0 Å². The molecule has 3 rings (SSSR count). The summed E-state index contributed by atoms with van der Waals surface area (Å²) in [6.45, 7) is 5.83. The highest BCUT2D eigenvalue weighted by Gasteiger charge is 2.08. The molecule has 0 aliphatic carbocycles. The number of carbonyl (C=O) groups excluding carboxylic acids is 1. The summed E-state index contributed by atoms with van der Waals surface area (Å²) in [7, 11) is 0. The Morgan fingerprint density at radius 1 is 1.07 bits per heavy atom. The van der Waals surface area contributed by atoms with E-state index >= 15 is 0 Å². The van der Waals surface area contributed by atoms with Crippen LogP contribution in [0.2, 0.25) is 0 Å². The minimum atomic E-state index is -0.504. The van der Waals surface area contributed by atoms with Crippen LogP contribution in [-0.2, 0) is 13.0 Å². The summed E-state index contributed by atoms with van der Waals surface area (Å²) in [5.74, 6) is 0.682. The molecule has 0 saturated heterocycles. The number of aromatic nitrogens is 1. The molecule has 0 radical (unpaired) electrons. The van der Waals surface area contributed by atoms with Gasteiger partial charge in [-0.2, -0.15) is 0 Å². The number of amides is 1. The molecule has 0 unspecified atom stereocenters. The van der Waals surface area contributed by atoms with Gasteiger partial charge in [0.1, 0.15) is 5.75 Å². The first-order chi connectivity index (χ1) is 13.5. The molecule has 1 amide bonds. The van der Waals surface area contributed by atoms with E-state index in [4.69, 9.17) is 10.5 Å². The van der Waals surface area contributed by atoms with Gasteiger partial charge in [0, 0.05) is 18.8 Å². The van der Waals surface area contributed by atoms with E-state index in [0.717, 1.165) is 36.4 Å². The van der Waals surface area contributed by atoms with Crippen molar-refractivity contribution < 1.29 is 9.53 Å². The van der Waals surface area contributed by atoms with Gasteiger partial charge < -0.3 is 15.8 Å². The predicted molar refractivity (Wildman–Crippen MR) is 111 cm³/mol. The Morgan fingerprint density at radius 2 is 1.86 bits per heavy atom. The van der Waals surface area contributed by atoms with Crippen molar-refractivity contribution in [2.24, 2.45) is 5.73 Å². The maximum absolute atomic E-state index is 11.1. The van der Waals surface area contributed by atoms with Crippen LogP contribution in [0.25, 0.3) is 0 Å². The van der Waals surface area contributed by atoms with Crippen LogP contribution in [-0.4, -0.2) is 17.4 Å². The third kappa shape index (κ3) is 5.18. The van der Waals surface area contributed by atoms with Gasteiger partial charge in [-0.15, -0.1) is 0 Å². The minimum absolute atomic E-state index is 0.358. The molecule has 0 aliphatic heterocycles. The van der Waals surface area contributed by atoms with Gasteiger partial charge in [-0.25, -0.2) is 4.98 Å². The van der Waals surface area contributed by atoms with Crippen molar-refractivity contribution in [3.05, 3.63) is 88.6 Å². The lowest BCUT2D eigenvalue weighted by Crippen LogP contribution is -2.17. The Morgan fingerprint density at radius 3 is 2.54 bits per heavy atom. The summed E-state index contributed by atoms with van der Waals surface area (Å²) in [6, 6.07) is 17.9. The number of benzene rings is 2. The number of carbonyl (C=O) groups is 1. The summed E-state index contributed by atoms with van der Waals surface area (Å²) in [5, 5.41) is 3.51. The Bertz CT molecular complexity index is 938. The van der Waals surface area contributed by atoms with E-state index in [1.165, 1.54) is 17.3 Å². The lowest BCUT2D eigenvalue weighted by atomic mass is 10.0. The van der Waals surface area contributed by atoms with Gasteiger partial charge in [-0.05, 0) is 61.2 Å². The topological polar surface area (TPSA) is 77.2 Å². The summed E-state index contributed by atoms with van der Waals surface area (Å²) < 4.78 is 5.88. The number of ether oxygens (including phenoxy) is 1. The first-order valence-electron chi connectivity index (χ1n) is 9.31. The zero-order chi connectivity index (χ0) is 19.9. The molecule has 0 fully saturated rings. The fraction of sp³-hybridized carbons (Fsp3) is 0.217. The monoisotopic (exact) mass is 375 g/mol. The SMILES string of the molecule is Cc1cc(Oc2ccc(C(N)=O)cn2)c(C)cc1CNCCc1ccccc1. The third-order valence-corrected chi connectivity index (χ3v) is 4.62. The summed E-state index contributed by atoms with van der Waals surface area (Å²) in [4.78, 5) is 15.3. The van der Waals surface area contributed by atoms with Crippen LogP contribution in [0, 0.1) is 13.8 Å². The number of pyridine rings is 1. The molecular weight excluding hydrogens is 350 g/mol. The predicted octanol–water partition coefficient (Wildman–Crippen LogP) is 3.92. The molecular formula is C23H25N3O2. The standard InChI is InChI=1S/C23H25N3O2/c1-16-13-21(28-22-9-8-19(15-26-22)23(24)27)17(2)12-20(16)14-25-11-10-18-6-4-3-5-7-18/h3-9,12-13,15,25H,10-11,14H2,1-2H3,(H2,24,27). The molecule has 1 heterocycles. The molecule has 0 aliphatic rings. The first kappa shape index (κ1) is 19.6. The highest BCUT2D eigenvalue weighted by molar-refractivity contribution is 5.92. The lowest BCUT2D eigenvalue weighted by molar-refractivity contribution is 0.1000. The largest absolute Gasteiger partial charge is 0.439 e. The molecule has 0 saturated carbocycles. The van der Waals surface area contributed by atoms with Crippen molar-refractivity contribution in [1.82, 2.24) is 10.3 Å². The normalized spacial score (nSPS) is 10.6.